The first-order chi connectivity index (χ1) is 8.21. The lowest BCUT2D eigenvalue weighted by Crippen LogP contribution is -2.24. The van der Waals surface area contributed by atoms with E-state index in [2.05, 4.69) is 48.5 Å². The van der Waals surface area contributed by atoms with Gasteiger partial charge in [0, 0.05) is 0 Å². The zero-order chi connectivity index (χ0) is 14.1. The van der Waals surface area contributed by atoms with Gasteiger partial charge < -0.3 is 5.73 Å². The molecule has 1 heteroatoms. The Morgan fingerprint density at radius 2 is 1.17 bits per heavy atom. The van der Waals surface area contributed by atoms with Gasteiger partial charge in [-0.3, -0.25) is 0 Å². The average Bonchev–Trinajstić information content (AvgIpc) is 2.34. The van der Waals surface area contributed by atoms with E-state index < -0.39 is 0 Å². The Labute approximate surface area is 113 Å². The van der Waals surface area contributed by atoms with Crippen LogP contribution in [0.1, 0.15) is 53.6 Å². The molecule has 2 N–H and O–H groups in total. The molecule has 1 aromatic carbocycles. The molecule has 0 saturated carbocycles. The van der Waals surface area contributed by atoms with Crippen LogP contribution in [0.25, 0.3) is 0 Å². The van der Waals surface area contributed by atoms with Gasteiger partial charge >= 0.3 is 0 Å². The van der Waals surface area contributed by atoms with Crippen molar-refractivity contribution in [2.24, 2.45) is 11.1 Å². The van der Waals surface area contributed by atoms with Crippen LogP contribution in [0.3, 0.4) is 0 Å². The molecule has 0 heterocycles. The summed E-state index contributed by atoms with van der Waals surface area (Å²) in [5, 5.41) is 0. The molecule has 0 aromatic heterocycles. The Bertz CT molecular complexity index is 412. The summed E-state index contributed by atoms with van der Waals surface area (Å²) in [6.07, 6.45) is 2.30. The van der Waals surface area contributed by atoms with E-state index in [0.717, 1.165) is 19.4 Å². The number of nitrogens with two attached hydrogens (primary N) is 1. The van der Waals surface area contributed by atoms with Gasteiger partial charge in [-0.2, -0.15) is 0 Å². The normalized spacial score (nSPS) is 12.0. The first-order valence-electron chi connectivity index (χ1n) is 6.97. The zero-order valence-electron chi connectivity index (χ0n) is 13.2. The van der Waals surface area contributed by atoms with Crippen molar-refractivity contribution >= 4 is 0 Å². The second-order valence-electron chi connectivity index (χ2n) is 6.47. The quantitative estimate of drug-likeness (QED) is 0.850. The van der Waals surface area contributed by atoms with Gasteiger partial charge in [0.2, 0.25) is 0 Å². The first kappa shape index (κ1) is 15.2. The summed E-state index contributed by atoms with van der Waals surface area (Å²) in [4.78, 5) is 0. The predicted octanol–water partition coefficient (Wildman–Crippen LogP) is 4.15. The third-order valence-electron chi connectivity index (χ3n) is 4.76. The molecule has 1 rings (SSSR count). The summed E-state index contributed by atoms with van der Waals surface area (Å²) in [5.41, 5.74) is 14.9. The van der Waals surface area contributed by atoms with E-state index in [0.29, 0.717) is 0 Å². The summed E-state index contributed by atoms with van der Waals surface area (Å²) in [6.45, 7) is 16.5. The molecule has 0 bridgehead atoms. The van der Waals surface area contributed by atoms with Crippen LogP contribution in [0.4, 0.5) is 0 Å². The molecular formula is C17H29N. The number of rotatable bonds is 4. The van der Waals surface area contributed by atoms with Gasteiger partial charge in [0.15, 0.2) is 0 Å². The first-order valence-corrected chi connectivity index (χ1v) is 6.97. The molecule has 0 aliphatic carbocycles. The van der Waals surface area contributed by atoms with Crippen LogP contribution < -0.4 is 5.73 Å². The molecule has 0 unspecified atom stereocenters. The minimum Gasteiger partial charge on any atom is -0.330 e. The monoisotopic (exact) mass is 247 g/mol. The predicted molar refractivity (Wildman–Crippen MR) is 81.3 cm³/mol. The highest BCUT2D eigenvalue weighted by Gasteiger charge is 2.18. The van der Waals surface area contributed by atoms with Crippen LogP contribution >= 0.6 is 0 Å². The van der Waals surface area contributed by atoms with Crippen LogP contribution in [-0.2, 0) is 6.42 Å². The molecule has 0 atom stereocenters. The third kappa shape index (κ3) is 2.95. The maximum absolute atomic E-state index is 5.83. The van der Waals surface area contributed by atoms with E-state index in [9.17, 15) is 0 Å². The van der Waals surface area contributed by atoms with Crippen molar-refractivity contribution in [1.82, 2.24) is 0 Å². The highest BCUT2D eigenvalue weighted by molar-refractivity contribution is 5.49. The summed E-state index contributed by atoms with van der Waals surface area (Å²) in [7, 11) is 0. The summed E-state index contributed by atoms with van der Waals surface area (Å²) in [6, 6.07) is 0. The second kappa shape index (κ2) is 5.44. The Morgan fingerprint density at radius 1 is 0.778 bits per heavy atom. The van der Waals surface area contributed by atoms with E-state index in [1.54, 1.807) is 0 Å². The second-order valence-corrected chi connectivity index (χ2v) is 6.47. The Morgan fingerprint density at radius 3 is 1.56 bits per heavy atom. The minimum absolute atomic E-state index is 0.242. The largest absolute Gasteiger partial charge is 0.330 e. The SMILES string of the molecule is Cc1c(C)c(C)c(CCC(C)(C)CN)c(C)c1C. The lowest BCUT2D eigenvalue weighted by atomic mass is 9.82. The summed E-state index contributed by atoms with van der Waals surface area (Å²) < 4.78 is 0. The van der Waals surface area contributed by atoms with Gasteiger partial charge in [-0.15, -0.1) is 0 Å². The molecule has 0 aliphatic heterocycles. The molecular weight excluding hydrogens is 218 g/mol. The fraction of sp³-hybridized carbons (Fsp3) is 0.647. The fourth-order valence-electron chi connectivity index (χ4n) is 2.52. The highest BCUT2D eigenvalue weighted by atomic mass is 14.6. The third-order valence-corrected chi connectivity index (χ3v) is 4.76. The zero-order valence-corrected chi connectivity index (χ0v) is 13.2. The van der Waals surface area contributed by atoms with Crippen LogP contribution in [0.2, 0.25) is 0 Å². The van der Waals surface area contributed by atoms with Gasteiger partial charge in [-0.25, -0.2) is 0 Å². The lowest BCUT2D eigenvalue weighted by molar-refractivity contribution is 0.347. The molecule has 1 aromatic rings. The van der Waals surface area contributed by atoms with E-state index in [1.807, 2.05) is 0 Å². The number of hydrogen-bond donors (Lipinski definition) is 1. The van der Waals surface area contributed by atoms with Crippen molar-refractivity contribution in [3.05, 3.63) is 33.4 Å². The van der Waals surface area contributed by atoms with Crippen molar-refractivity contribution in [3.8, 4) is 0 Å². The van der Waals surface area contributed by atoms with Gasteiger partial charge in [-0.1, -0.05) is 13.8 Å². The molecule has 0 aliphatic rings. The van der Waals surface area contributed by atoms with Gasteiger partial charge in [0.05, 0.1) is 0 Å². The van der Waals surface area contributed by atoms with Crippen LogP contribution in [0, 0.1) is 40.0 Å². The van der Waals surface area contributed by atoms with Crippen molar-refractivity contribution in [2.45, 2.75) is 61.3 Å². The summed E-state index contributed by atoms with van der Waals surface area (Å²) in [5.74, 6) is 0. The van der Waals surface area contributed by atoms with Crippen molar-refractivity contribution in [1.29, 1.82) is 0 Å². The standard InChI is InChI=1S/C17H29N/c1-11-12(2)14(4)16(15(5)13(11)3)8-9-17(6,7)10-18/h8-10,18H2,1-7H3. The van der Waals surface area contributed by atoms with E-state index in [4.69, 9.17) is 5.73 Å². The Hall–Kier alpha value is -0.820. The van der Waals surface area contributed by atoms with Gasteiger partial charge in [0.1, 0.15) is 0 Å². The maximum atomic E-state index is 5.83. The van der Waals surface area contributed by atoms with E-state index >= 15 is 0 Å². The molecule has 0 fully saturated rings. The Kier molecular flexibility index (Phi) is 4.61. The number of benzene rings is 1. The maximum Gasteiger partial charge on any atom is -0.00257 e. The number of hydrogen-bond acceptors (Lipinski definition) is 1. The lowest BCUT2D eigenvalue weighted by Gasteiger charge is -2.25. The molecule has 0 amide bonds. The van der Waals surface area contributed by atoms with Crippen molar-refractivity contribution in [3.63, 3.8) is 0 Å². The smallest absolute Gasteiger partial charge is 0.00257 e. The highest BCUT2D eigenvalue weighted by Crippen LogP contribution is 2.29. The van der Waals surface area contributed by atoms with E-state index in [1.165, 1.54) is 33.4 Å². The fourth-order valence-corrected chi connectivity index (χ4v) is 2.52. The van der Waals surface area contributed by atoms with Crippen molar-refractivity contribution < 1.29 is 0 Å². The molecule has 0 radical (unpaired) electrons. The summed E-state index contributed by atoms with van der Waals surface area (Å²) >= 11 is 0. The van der Waals surface area contributed by atoms with Crippen molar-refractivity contribution in [2.75, 3.05) is 6.54 Å². The van der Waals surface area contributed by atoms with E-state index in [-0.39, 0.29) is 5.41 Å². The molecule has 18 heavy (non-hydrogen) atoms. The molecule has 102 valence electrons. The topological polar surface area (TPSA) is 26.0 Å². The van der Waals surface area contributed by atoms with Gasteiger partial charge in [-0.05, 0) is 92.8 Å². The van der Waals surface area contributed by atoms with Crippen LogP contribution in [-0.4, -0.2) is 6.54 Å². The minimum atomic E-state index is 0.242. The van der Waals surface area contributed by atoms with Crippen LogP contribution in [0.15, 0.2) is 0 Å². The molecule has 0 saturated heterocycles. The average molecular weight is 247 g/mol. The van der Waals surface area contributed by atoms with Gasteiger partial charge in [0.25, 0.3) is 0 Å². The Balaban J connectivity index is 3.11. The molecule has 1 nitrogen and oxygen atoms in total. The molecule has 0 spiro atoms. The van der Waals surface area contributed by atoms with Crippen LogP contribution in [0.5, 0.6) is 0 Å².